The van der Waals surface area contributed by atoms with Gasteiger partial charge in [-0.15, -0.1) is 0 Å². The van der Waals surface area contributed by atoms with Crippen LogP contribution in [0.5, 0.6) is 0 Å². The molecule has 2 heterocycles. The average Bonchev–Trinajstić information content (AvgIpc) is 2.65. The van der Waals surface area contributed by atoms with Crippen LogP contribution < -0.4 is 4.90 Å². The number of carboxylic acid groups (broad SMARTS) is 1. The van der Waals surface area contributed by atoms with Gasteiger partial charge in [0, 0.05) is 19.3 Å². The van der Waals surface area contributed by atoms with Crippen molar-refractivity contribution < 1.29 is 9.90 Å². The minimum atomic E-state index is -0.954. The van der Waals surface area contributed by atoms with Gasteiger partial charge < -0.3 is 10.0 Å². The maximum absolute atomic E-state index is 11.0. The van der Waals surface area contributed by atoms with Crippen LogP contribution in [0, 0.1) is 5.92 Å². The molecule has 0 unspecified atom stereocenters. The van der Waals surface area contributed by atoms with E-state index in [2.05, 4.69) is 16.8 Å². The van der Waals surface area contributed by atoms with E-state index < -0.39 is 5.97 Å². The second-order valence-corrected chi connectivity index (χ2v) is 4.02. The Kier molecular flexibility index (Phi) is 2.58. The number of pyridine rings is 1. The van der Waals surface area contributed by atoms with Gasteiger partial charge in [-0.2, -0.15) is 0 Å². The molecular weight excluding hydrogens is 192 g/mol. The summed E-state index contributed by atoms with van der Waals surface area (Å²) in [6.45, 7) is 4.02. The summed E-state index contributed by atoms with van der Waals surface area (Å²) < 4.78 is 0. The molecule has 0 amide bonds. The normalized spacial score (nSPS) is 20.6. The van der Waals surface area contributed by atoms with Gasteiger partial charge in [-0.25, -0.2) is 9.78 Å². The molecule has 80 valence electrons. The smallest absolute Gasteiger partial charge is 0.356 e. The van der Waals surface area contributed by atoms with E-state index in [4.69, 9.17) is 5.11 Å². The summed E-state index contributed by atoms with van der Waals surface area (Å²) in [4.78, 5) is 17.0. The molecule has 15 heavy (non-hydrogen) atoms. The molecule has 1 aromatic rings. The molecule has 0 spiro atoms. The fourth-order valence-electron chi connectivity index (χ4n) is 1.97. The van der Waals surface area contributed by atoms with Gasteiger partial charge in [0.2, 0.25) is 0 Å². The van der Waals surface area contributed by atoms with Crippen LogP contribution in [-0.2, 0) is 0 Å². The monoisotopic (exact) mass is 206 g/mol. The Labute approximate surface area is 88.6 Å². The topological polar surface area (TPSA) is 53.4 Å². The lowest BCUT2D eigenvalue weighted by atomic mass is 10.2. The van der Waals surface area contributed by atoms with Crippen molar-refractivity contribution in [2.24, 2.45) is 5.92 Å². The Bertz CT molecular complexity index is 379. The Morgan fingerprint density at radius 2 is 2.47 bits per heavy atom. The zero-order valence-corrected chi connectivity index (χ0v) is 8.68. The third-order valence-corrected chi connectivity index (χ3v) is 2.75. The first kappa shape index (κ1) is 9.96. The fraction of sp³-hybridized carbons (Fsp3) is 0.455. The second-order valence-electron chi connectivity index (χ2n) is 4.02. The first-order valence-electron chi connectivity index (χ1n) is 5.11. The largest absolute Gasteiger partial charge is 0.476 e. The molecule has 0 saturated carbocycles. The van der Waals surface area contributed by atoms with Gasteiger partial charge >= 0.3 is 5.97 Å². The Balaban J connectivity index is 2.31. The van der Waals surface area contributed by atoms with E-state index in [1.54, 1.807) is 6.07 Å². The highest BCUT2D eigenvalue weighted by atomic mass is 16.4. The van der Waals surface area contributed by atoms with Gasteiger partial charge in [-0.05, 0) is 24.5 Å². The Morgan fingerprint density at radius 1 is 1.67 bits per heavy atom. The molecule has 0 bridgehead atoms. The molecule has 1 fully saturated rings. The van der Waals surface area contributed by atoms with Crippen LogP contribution in [0.3, 0.4) is 0 Å². The van der Waals surface area contributed by atoms with Crippen molar-refractivity contribution >= 4 is 11.7 Å². The zero-order chi connectivity index (χ0) is 10.8. The summed E-state index contributed by atoms with van der Waals surface area (Å²) in [5.41, 5.74) is 0.904. The van der Waals surface area contributed by atoms with Gasteiger partial charge in [0.05, 0.1) is 5.69 Å². The number of aromatic nitrogens is 1. The van der Waals surface area contributed by atoms with Crippen LogP contribution in [0.1, 0.15) is 23.8 Å². The molecule has 1 atom stereocenters. The first-order chi connectivity index (χ1) is 7.18. The van der Waals surface area contributed by atoms with E-state index in [0.29, 0.717) is 5.92 Å². The average molecular weight is 206 g/mol. The molecule has 1 aliphatic heterocycles. The number of hydrogen-bond acceptors (Lipinski definition) is 3. The summed E-state index contributed by atoms with van der Waals surface area (Å²) in [6.07, 6.45) is 2.64. The highest BCUT2D eigenvalue weighted by Gasteiger charge is 2.23. The maximum Gasteiger partial charge on any atom is 0.356 e. The van der Waals surface area contributed by atoms with Crippen molar-refractivity contribution in [2.75, 3.05) is 18.0 Å². The Hall–Kier alpha value is -1.58. The minimum Gasteiger partial charge on any atom is -0.476 e. The van der Waals surface area contributed by atoms with Crippen LogP contribution in [0.2, 0.25) is 0 Å². The summed E-state index contributed by atoms with van der Waals surface area (Å²) in [7, 11) is 0. The van der Waals surface area contributed by atoms with Crippen LogP contribution >= 0.6 is 0 Å². The quantitative estimate of drug-likeness (QED) is 0.799. The molecule has 4 heteroatoms. The number of anilines is 1. The number of hydrogen-bond donors (Lipinski definition) is 1. The Morgan fingerprint density at radius 3 is 3.07 bits per heavy atom. The summed E-state index contributed by atoms with van der Waals surface area (Å²) >= 11 is 0. The van der Waals surface area contributed by atoms with Crippen molar-refractivity contribution in [1.29, 1.82) is 0 Å². The van der Waals surface area contributed by atoms with Crippen molar-refractivity contribution in [3.63, 3.8) is 0 Å². The van der Waals surface area contributed by atoms with Crippen LogP contribution in [0.25, 0.3) is 0 Å². The minimum absolute atomic E-state index is 0.159. The first-order valence-corrected chi connectivity index (χ1v) is 5.11. The van der Waals surface area contributed by atoms with Crippen LogP contribution in [0.4, 0.5) is 5.69 Å². The van der Waals surface area contributed by atoms with Gasteiger partial charge in [0.15, 0.2) is 5.69 Å². The third kappa shape index (κ3) is 1.93. The number of carbonyl (C=O) groups is 1. The molecule has 2 rings (SSSR count). The molecule has 4 nitrogen and oxygen atoms in total. The zero-order valence-electron chi connectivity index (χ0n) is 8.68. The van der Waals surface area contributed by atoms with E-state index >= 15 is 0 Å². The van der Waals surface area contributed by atoms with Gasteiger partial charge in [0.25, 0.3) is 0 Å². The number of aromatic carboxylic acids is 1. The van der Waals surface area contributed by atoms with E-state index in [0.717, 1.165) is 25.2 Å². The molecule has 0 aromatic carbocycles. The molecular formula is C11H14N2O2. The third-order valence-electron chi connectivity index (χ3n) is 2.75. The predicted octanol–water partition coefficient (Wildman–Crippen LogP) is 1.63. The van der Waals surface area contributed by atoms with Crippen molar-refractivity contribution in [3.05, 3.63) is 24.0 Å². The molecule has 0 aliphatic carbocycles. The fourth-order valence-corrected chi connectivity index (χ4v) is 1.97. The summed E-state index contributed by atoms with van der Waals surface area (Å²) in [6, 6.07) is 3.61. The SMILES string of the molecule is C[C@H]1CCN(c2cccnc2C(=O)O)C1. The second kappa shape index (κ2) is 3.88. The van der Waals surface area contributed by atoms with E-state index in [1.165, 1.54) is 6.20 Å². The molecule has 1 N–H and O–H groups in total. The van der Waals surface area contributed by atoms with Crippen LogP contribution in [-0.4, -0.2) is 29.1 Å². The predicted molar refractivity (Wildman–Crippen MR) is 57.2 cm³/mol. The standard InChI is InChI=1S/C11H14N2O2/c1-8-4-6-13(7-8)9-3-2-5-12-10(9)11(14)15/h2-3,5,8H,4,6-7H2,1H3,(H,14,15)/t8-/m0/s1. The van der Waals surface area contributed by atoms with Crippen molar-refractivity contribution in [2.45, 2.75) is 13.3 Å². The number of nitrogens with zero attached hydrogens (tertiary/aromatic N) is 2. The number of rotatable bonds is 2. The van der Waals surface area contributed by atoms with Gasteiger partial charge in [-0.3, -0.25) is 0 Å². The van der Waals surface area contributed by atoms with E-state index in [1.807, 2.05) is 6.07 Å². The molecule has 1 aromatic heterocycles. The lowest BCUT2D eigenvalue weighted by molar-refractivity contribution is 0.0691. The molecule has 1 aliphatic rings. The van der Waals surface area contributed by atoms with Crippen molar-refractivity contribution in [1.82, 2.24) is 4.98 Å². The van der Waals surface area contributed by atoms with Crippen molar-refractivity contribution in [3.8, 4) is 0 Å². The summed E-state index contributed by atoms with van der Waals surface area (Å²) in [5, 5.41) is 9.00. The maximum atomic E-state index is 11.0. The van der Waals surface area contributed by atoms with Gasteiger partial charge in [-0.1, -0.05) is 6.92 Å². The van der Waals surface area contributed by atoms with E-state index in [-0.39, 0.29) is 5.69 Å². The number of carboxylic acids is 1. The highest BCUT2D eigenvalue weighted by molar-refractivity contribution is 5.92. The highest BCUT2D eigenvalue weighted by Crippen LogP contribution is 2.25. The van der Waals surface area contributed by atoms with Crippen LogP contribution in [0.15, 0.2) is 18.3 Å². The summed E-state index contributed by atoms with van der Waals surface area (Å²) in [5.74, 6) is -0.322. The van der Waals surface area contributed by atoms with Gasteiger partial charge in [0.1, 0.15) is 0 Å². The lowest BCUT2D eigenvalue weighted by Crippen LogP contribution is -2.22. The van der Waals surface area contributed by atoms with E-state index in [9.17, 15) is 4.79 Å². The molecule has 1 saturated heterocycles. The molecule has 0 radical (unpaired) electrons. The lowest BCUT2D eigenvalue weighted by Gasteiger charge is -2.19.